The number of halogens is 2. The van der Waals surface area contributed by atoms with Crippen molar-refractivity contribution in [1.82, 2.24) is 25.1 Å². The largest absolute Gasteiger partial charge is 0.348 e. The van der Waals surface area contributed by atoms with Crippen molar-refractivity contribution in [3.8, 4) is 17.1 Å². The third-order valence-corrected chi connectivity index (χ3v) is 8.66. The lowest BCUT2D eigenvalue weighted by Gasteiger charge is -2.13. The van der Waals surface area contributed by atoms with Crippen LogP contribution in [0.3, 0.4) is 0 Å². The Morgan fingerprint density at radius 2 is 1.69 bits per heavy atom. The molecular weight excluding hydrogens is 569 g/mol. The van der Waals surface area contributed by atoms with Crippen LogP contribution in [0.15, 0.2) is 89.4 Å². The number of carbonyl (C=O) groups is 1. The highest BCUT2D eigenvalue weighted by Gasteiger charge is 2.20. The second-order valence-electron chi connectivity index (χ2n) is 8.89. The summed E-state index contributed by atoms with van der Waals surface area (Å²) in [6, 6.07) is 25.3. The summed E-state index contributed by atoms with van der Waals surface area (Å²) in [6.07, 6.45) is 1.76. The van der Waals surface area contributed by atoms with Gasteiger partial charge in [0.05, 0.1) is 21.5 Å². The summed E-state index contributed by atoms with van der Waals surface area (Å²) in [5, 5.41) is 16.4. The standard InChI is InChI=1S/C29H25Cl2N5OS2/c1-19(15-16-20-9-3-2-4-10-20)32-28(37)24-17-38-26(33-24)18-39-29-35-34-27(21-11-5-6-12-22(21)30)36(29)25-14-8-7-13-23(25)31/h2-14,17,19H,15-16,18H2,1H3,(H,32,37). The van der Waals surface area contributed by atoms with Crippen LogP contribution < -0.4 is 5.32 Å². The van der Waals surface area contributed by atoms with Crippen LogP contribution in [0.2, 0.25) is 10.0 Å². The smallest absolute Gasteiger partial charge is 0.270 e. The van der Waals surface area contributed by atoms with Gasteiger partial charge in [-0.25, -0.2) is 4.98 Å². The van der Waals surface area contributed by atoms with E-state index in [0.29, 0.717) is 32.5 Å². The van der Waals surface area contributed by atoms with Crippen LogP contribution in [-0.2, 0) is 12.2 Å². The summed E-state index contributed by atoms with van der Waals surface area (Å²) in [5.74, 6) is 0.954. The molecule has 1 unspecified atom stereocenters. The normalized spacial score (nSPS) is 11.9. The van der Waals surface area contributed by atoms with Gasteiger partial charge in [-0.3, -0.25) is 9.36 Å². The van der Waals surface area contributed by atoms with Gasteiger partial charge in [0, 0.05) is 17.0 Å². The van der Waals surface area contributed by atoms with Gasteiger partial charge >= 0.3 is 0 Å². The molecule has 5 aromatic rings. The Morgan fingerprint density at radius 3 is 2.46 bits per heavy atom. The SMILES string of the molecule is CC(CCc1ccccc1)NC(=O)c1csc(CSc2nnc(-c3ccccc3Cl)n2-c2ccccc2Cl)n1. The van der Waals surface area contributed by atoms with Crippen molar-refractivity contribution in [2.45, 2.75) is 36.7 Å². The molecule has 0 spiro atoms. The lowest BCUT2D eigenvalue weighted by molar-refractivity contribution is 0.0934. The fourth-order valence-corrected chi connectivity index (χ4v) is 6.21. The number of amides is 1. The number of aryl methyl sites for hydroxylation is 1. The van der Waals surface area contributed by atoms with Crippen molar-refractivity contribution in [3.05, 3.63) is 111 Å². The van der Waals surface area contributed by atoms with Gasteiger partial charge < -0.3 is 5.32 Å². The molecule has 0 radical (unpaired) electrons. The van der Waals surface area contributed by atoms with Gasteiger partial charge in [0.15, 0.2) is 11.0 Å². The summed E-state index contributed by atoms with van der Waals surface area (Å²) < 4.78 is 1.91. The minimum Gasteiger partial charge on any atom is -0.348 e. The van der Waals surface area contributed by atoms with E-state index >= 15 is 0 Å². The predicted octanol–water partition coefficient (Wildman–Crippen LogP) is 7.74. The number of carbonyl (C=O) groups excluding carboxylic acids is 1. The van der Waals surface area contributed by atoms with Gasteiger partial charge in [0.1, 0.15) is 10.7 Å². The van der Waals surface area contributed by atoms with E-state index in [9.17, 15) is 4.79 Å². The molecule has 0 aliphatic heterocycles. The molecule has 0 aliphatic rings. The molecule has 0 saturated heterocycles. The molecule has 198 valence electrons. The Hall–Kier alpha value is -3.17. The van der Waals surface area contributed by atoms with Crippen molar-refractivity contribution in [2.24, 2.45) is 0 Å². The maximum Gasteiger partial charge on any atom is 0.270 e. The van der Waals surface area contributed by atoms with Gasteiger partial charge in [0.25, 0.3) is 5.91 Å². The highest BCUT2D eigenvalue weighted by molar-refractivity contribution is 7.98. The van der Waals surface area contributed by atoms with E-state index in [1.807, 2.05) is 78.2 Å². The van der Waals surface area contributed by atoms with Gasteiger partial charge in [-0.1, -0.05) is 89.6 Å². The molecule has 2 heterocycles. The molecule has 6 nitrogen and oxygen atoms in total. The Balaban J connectivity index is 1.28. The van der Waals surface area contributed by atoms with Crippen molar-refractivity contribution in [2.75, 3.05) is 0 Å². The molecule has 3 aromatic carbocycles. The minimum absolute atomic E-state index is 0.0367. The second kappa shape index (κ2) is 12.8. The van der Waals surface area contributed by atoms with E-state index in [1.165, 1.54) is 28.7 Å². The molecule has 1 atom stereocenters. The fraction of sp³-hybridized carbons (Fsp3) is 0.172. The van der Waals surface area contributed by atoms with Gasteiger partial charge in [-0.15, -0.1) is 21.5 Å². The third kappa shape index (κ3) is 6.70. The van der Waals surface area contributed by atoms with E-state index in [4.69, 9.17) is 23.2 Å². The first-order chi connectivity index (χ1) is 19.0. The third-order valence-electron chi connectivity index (χ3n) is 6.04. The average Bonchev–Trinajstić information content (AvgIpc) is 3.59. The van der Waals surface area contributed by atoms with Gasteiger partial charge in [-0.05, 0) is 49.6 Å². The number of para-hydroxylation sites is 1. The van der Waals surface area contributed by atoms with E-state index < -0.39 is 0 Å². The zero-order chi connectivity index (χ0) is 27.2. The number of hydrogen-bond donors (Lipinski definition) is 1. The van der Waals surface area contributed by atoms with Crippen LogP contribution in [0.1, 0.15) is 34.4 Å². The van der Waals surface area contributed by atoms with Crippen LogP contribution in [0.25, 0.3) is 17.1 Å². The average molecular weight is 595 g/mol. The number of thioether (sulfide) groups is 1. The van der Waals surface area contributed by atoms with Crippen molar-refractivity contribution < 1.29 is 4.79 Å². The zero-order valence-electron chi connectivity index (χ0n) is 21.1. The maximum absolute atomic E-state index is 12.8. The molecule has 2 aromatic heterocycles. The minimum atomic E-state index is -0.164. The molecule has 0 saturated carbocycles. The molecule has 0 bridgehead atoms. The molecule has 10 heteroatoms. The lowest BCUT2D eigenvalue weighted by atomic mass is 10.1. The summed E-state index contributed by atoms with van der Waals surface area (Å²) in [5.41, 5.74) is 3.19. The number of thiazole rings is 1. The van der Waals surface area contributed by atoms with Crippen LogP contribution >= 0.6 is 46.3 Å². The monoisotopic (exact) mass is 593 g/mol. The lowest BCUT2D eigenvalue weighted by Crippen LogP contribution is -2.33. The van der Waals surface area contributed by atoms with Crippen LogP contribution in [0.5, 0.6) is 0 Å². The number of rotatable bonds is 10. The first kappa shape index (κ1) is 27.4. The van der Waals surface area contributed by atoms with Gasteiger partial charge in [-0.2, -0.15) is 0 Å². The summed E-state index contributed by atoms with van der Waals surface area (Å²) >= 11 is 16.0. The molecular formula is C29H25Cl2N5OS2. The van der Waals surface area contributed by atoms with E-state index in [1.54, 1.807) is 5.38 Å². The number of benzene rings is 3. The topological polar surface area (TPSA) is 72.7 Å². The molecule has 5 rings (SSSR count). The second-order valence-corrected chi connectivity index (χ2v) is 11.6. The van der Waals surface area contributed by atoms with Crippen LogP contribution in [-0.4, -0.2) is 31.7 Å². The van der Waals surface area contributed by atoms with E-state index in [0.717, 1.165) is 29.1 Å². The first-order valence-corrected chi connectivity index (χ1v) is 15.0. The Kier molecular flexibility index (Phi) is 8.98. The molecule has 1 amide bonds. The van der Waals surface area contributed by atoms with Crippen LogP contribution in [0, 0.1) is 0 Å². The van der Waals surface area contributed by atoms with Gasteiger partial charge in [0.2, 0.25) is 0 Å². The van der Waals surface area contributed by atoms with Crippen molar-refractivity contribution in [3.63, 3.8) is 0 Å². The summed E-state index contributed by atoms with van der Waals surface area (Å²) in [7, 11) is 0. The Labute approximate surface area is 245 Å². The zero-order valence-corrected chi connectivity index (χ0v) is 24.2. The molecule has 0 fully saturated rings. The maximum atomic E-state index is 12.8. The molecule has 1 N–H and O–H groups in total. The van der Waals surface area contributed by atoms with Crippen molar-refractivity contribution >= 4 is 52.2 Å². The number of nitrogens with zero attached hydrogens (tertiary/aromatic N) is 4. The van der Waals surface area contributed by atoms with Crippen molar-refractivity contribution in [1.29, 1.82) is 0 Å². The fourth-order valence-electron chi connectivity index (χ4n) is 4.04. The number of aromatic nitrogens is 4. The Bertz CT molecular complexity index is 1570. The van der Waals surface area contributed by atoms with E-state index in [2.05, 4.69) is 32.6 Å². The molecule has 39 heavy (non-hydrogen) atoms. The molecule has 0 aliphatic carbocycles. The number of nitrogens with one attached hydrogen (secondary N) is 1. The van der Waals surface area contributed by atoms with E-state index in [-0.39, 0.29) is 11.9 Å². The summed E-state index contributed by atoms with van der Waals surface area (Å²) in [6.45, 7) is 2.02. The highest BCUT2D eigenvalue weighted by atomic mass is 35.5. The highest BCUT2D eigenvalue weighted by Crippen LogP contribution is 2.35. The number of hydrogen-bond acceptors (Lipinski definition) is 6. The predicted molar refractivity (Wildman–Crippen MR) is 160 cm³/mol. The quantitative estimate of drug-likeness (QED) is 0.168. The van der Waals surface area contributed by atoms with Crippen LogP contribution in [0.4, 0.5) is 0 Å². The Morgan fingerprint density at radius 1 is 0.974 bits per heavy atom. The first-order valence-electron chi connectivity index (χ1n) is 12.4. The summed E-state index contributed by atoms with van der Waals surface area (Å²) in [4.78, 5) is 17.4.